The first kappa shape index (κ1) is 13.9. The monoisotopic (exact) mass is 323 g/mol. The van der Waals surface area contributed by atoms with Gasteiger partial charge in [-0.15, -0.1) is 0 Å². The summed E-state index contributed by atoms with van der Waals surface area (Å²) < 4.78 is 19.7. The van der Waals surface area contributed by atoms with E-state index in [9.17, 15) is 4.39 Å². The van der Waals surface area contributed by atoms with Crippen molar-refractivity contribution in [3.05, 3.63) is 57.8 Å². The van der Waals surface area contributed by atoms with E-state index in [-0.39, 0.29) is 5.82 Å². The van der Waals surface area contributed by atoms with Crippen molar-refractivity contribution in [3.63, 3.8) is 0 Å². The van der Waals surface area contributed by atoms with Gasteiger partial charge in [0.15, 0.2) is 0 Å². The lowest BCUT2D eigenvalue weighted by molar-refractivity contribution is 0.415. The lowest BCUT2D eigenvalue weighted by Crippen LogP contribution is -2.03. The highest BCUT2D eigenvalue weighted by molar-refractivity contribution is 9.10. The summed E-state index contributed by atoms with van der Waals surface area (Å²) in [4.78, 5) is 0. The molecule has 19 heavy (non-hydrogen) atoms. The molecule has 2 nitrogen and oxygen atoms in total. The summed E-state index contributed by atoms with van der Waals surface area (Å²) in [6.45, 7) is 2.38. The van der Waals surface area contributed by atoms with Crippen LogP contribution in [0.2, 0.25) is 0 Å². The maximum absolute atomic E-state index is 13.6. The molecule has 0 amide bonds. The summed E-state index contributed by atoms with van der Waals surface area (Å²) in [6.07, 6.45) is 0. The fourth-order valence-corrected chi connectivity index (χ4v) is 2.18. The molecule has 4 heteroatoms. The first-order chi connectivity index (χ1) is 9.10. The number of nitrogens with one attached hydrogen (secondary N) is 1. The van der Waals surface area contributed by atoms with Crippen molar-refractivity contribution in [2.45, 2.75) is 13.5 Å². The number of ether oxygens (including phenoxy) is 1. The third kappa shape index (κ3) is 3.47. The zero-order valence-corrected chi connectivity index (χ0v) is 12.4. The van der Waals surface area contributed by atoms with Crippen LogP contribution in [0.1, 0.15) is 11.1 Å². The van der Waals surface area contributed by atoms with E-state index in [0.717, 1.165) is 21.5 Å². The van der Waals surface area contributed by atoms with Gasteiger partial charge >= 0.3 is 0 Å². The molecule has 2 aromatic carbocycles. The molecule has 2 rings (SSSR count). The van der Waals surface area contributed by atoms with Crippen LogP contribution in [0, 0.1) is 12.7 Å². The van der Waals surface area contributed by atoms with E-state index in [0.29, 0.717) is 12.1 Å². The van der Waals surface area contributed by atoms with Crippen LogP contribution in [-0.4, -0.2) is 7.11 Å². The quantitative estimate of drug-likeness (QED) is 0.893. The standard InChI is InChI=1S/C15H15BrFNO/c1-10-3-6-14(17)11(7-10)9-18-15-8-12(19-2)4-5-13(15)16/h3-8,18H,9H2,1-2H3. The number of rotatable bonds is 4. The second kappa shape index (κ2) is 6.06. The van der Waals surface area contributed by atoms with E-state index in [1.54, 1.807) is 13.2 Å². The summed E-state index contributed by atoms with van der Waals surface area (Å²) in [6, 6.07) is 10.7. The molecule has 100 valence electrons. The van der Waals surface area contributed by atoms with Crippen molar-refractivity contribution in [1.29, 1.82) is 0 Å². The highest BCUT2D eigenvalue weighted by Gasteiger charge is 2.05. The van der Waals surface area contributed by atoms with Crippen LogP contribution in [0.3, 0.4) is 0 Å². The number of methoxy groups -OCH3 is 1. The minimum atomic E-state index is -0.197. The smallest absolute Gasteiger partial charge is 0.128 e. The predicted octanol–water partition coefficient (Wildman–Crippen LogP) is 4.52. The molecule has 2 aromatic rings. The van der Waals surface area contributed by atoms with Crippen molar-refractivity contribution in [2.24, 2.45) is 0 Å². The molecule has 0 spiro atoms. The largest absolute Gasteiger partial charge is 0.497 e. The van der Waals surface area contributed by atoms with E-state index < -0.39 is 0 Å². The Morgan fingerprint density at radius 1 is 1.21 bits per heavy atom. The van der Waals surface area contributed by atoms with Gasteiger partial charge in [-0.1, -0.05) is 17.7 Å². The Balaban J connectivity index is 2.16. The Hall–Kier alpha value is -1.55. The van der Waals surface area contributed by atoms with Gasteiger partial charge in [0.2, 0.25) is 0 Å². The van der Waals surface area contributed by atoms with Crippen molar-refractivity contribution in [3.8, 4) is 5.75 Å². The van der Waals surface area contributed by atoms with E-state index in [4.69, 9.17) is 4.74 Å². The molecule has 0 atom stereocenters. The number of aryl methyl sites for hydroxylation is 1. The Morgan fingerprint density at radius 2 is 2.00 bits per heavy atom. The van der Waals surface area contributed by atoms with Gasteiger partial charge in [0, 0.05) is 22.6 Å². The lowest BCUT2D eigenvalue weighted by atomic mass is 10.1. The van der Waals surface area contributed by atoms with Crippen LogP contribution in [0.15, 0.2) is 40.9 Å². The van der Waals surface area contributed by atoms with Gasteiger partial charge in [-0.25, -0.2) is 4.39 Å². The third-order valence-corrected chi connectivity index (χ3v) is 3.54. The zero-order chi connectivity index (χ0) is 13.8. The average molecular weight is 324 g/mol. The molecular weight excluding hydrogens is 309 g/mol. The second-order valence-corrected chi connectivity index (χ2v) is 5.15. The Kier molecular flexibility index (Phi) is 4.43. The van der Waals surface area contributed by atoms with Crippen LogP contribution >= 0.6 is 15.9 Å². The summed E-state index contributed by atoms with van der Waals surface area (Å²) in [5.74, 6) is 0.563. The minimum absolute atomic E-state index is 0.197. The molecule has 1 N–H and O–H groups in total. The van der Waals surface area contributed by atoms with Crippen LogP contribution in [-0.2, 0) is 6.54 Å². The van der Waals surface area contributed by atoms with Gasteiger partial charge in [-0.3, -0.25) is 0 Å². The topological polar surface area (TPSA) is 21.3 Å². The van der Waals surface area contributed by atoms with Crippen molar-refractivity contribution < 1.29 is 9.13 Å². The Morgan fingerprint density at radius 3 is 2.74 bits per heavy atom. The summed E-state index contributed by atoms with van der Waals surface area (Å²) >= 11 is 3.45. The van der Waals surface area contributed by atoms with E-state index >= 15 is 0 Å². The van der Waals surface area contributed by atoms with Gasteiger partial charge in [-0.05, 0) is 41.1 Å². The van der Waals surface area contributed by atoms with Crippen LogP contribution in [0.5, 0.6) is 5.75 Å². The first-order valence-corrected chi connectivity index (χ1v) is 6.72. The Bertz CT molecular complexity index is 586. The third-order valence-electron chi connectivity index (χ3n) is 2.84. The van der Waals surface area contributed by atoms with E-state index in [2.05, 4.69) is 21.2 Å². The molecule has 0 fully saturated rings. The molecule has 0 heterocycles. The van der Waals surface area contributed by atoms with Gasteiger partial charge in [-0.2, -0.15) is 0 Å². The molecule has 0 bridgehead atoms. The van der Waals surface area contributed by atoms with Gasteiger partial charge in [0.05, 0.1) is 12.8 Å². The van der Waals surface area contributed by atoms with Crippen LogP contribution in [0.25, 0.3) is 0 Å². The highest BCUT2D eigenvalue weighted by atomic mass is 79.9. The lowest BCUT2D eigenvalue weighted by Gasteiger charge is -2.11. The molecule has 0 aliphatic heterocycles. The fourth-order valence-electron chi connectivity index (χ4n) is 1.80. The van der Waals surface area contributed by atoms with Crippen molar-refractivity contribution >= 4 is 21.6 Å². The number of benzene rings is 2. The van der Waals surface area contributed by atoms with Gasteiger partial charge in [0.1, 0.15) is 11.6 Å². The molecule has 0 unspecified atom stereocenters. The summed E-state index contributed by atoms with van der Waals surface area (Å²) in [5, 5.41) is 3.21. The molecule has 0 radical (unpaired) electrons. The molecular formula is C15H15BrFNO. The minimum Gasteiger partial charge on any atom is -0.497 e. The van der Waals surface area contributed by atoms with Crippen LogP contribution in [0.4, 0.5) is 10.1 Å². The van der Waals surface area contributed by atoms with Crippen molar-refractivity contribution in [2.75, 3.05) is 12.4 Å². The fraction of sp³-hybridized carbons (Fsp3) is 0.200. The number of halogens is 2. The number of hydrogen-bond acceptors (Lipinski definition) is 2. The SMILES string of the molecule is COc1ccc(Br)c(NCc2cc(C)ccc2F)c1. The normalized spacial score (nSPS) is 10.3. The highest BCUT2D eigenvalue weighted by Crippen LogP contribution is 2.27. The predicted molar refractivity (Wildman–Crippen MR) is 79.2 cm³/mol. The molecule has 0 aromatic heterocycles. The maximum atomic E-state index is 13.6. The second-order valence-electron chi connectivity index (χ2n) is 4.29. The maximum Gasteiger partial charge on any atom is 0.128 e. The number of anilines is 1. The molecule has 0 aliphatic rings. The van der Waals surface area contributed by atoms with E-state index in [1.165, 1.54) is 6.07 Å². The van der Waals surface area contributed by atoms with Crippen molar-refractivity contribution in [1.82, 2.24) is 0 Å². The first-order valence-electron chi connectivity index (χ1n) is 5.92. The van der Waals surface area contributed by atoms with E-state index in [1.807, 2.05) is 31.2 Å². The summed E-state index contributed by atoms with van der Waals surface area (Å²) in [7, 11) is 1.62. The molecule has 0 saturated carbocycles. The zero-order valence-electron chi connectivity index (χ0n) is 10.8. The van der Waals surface area contributed by atoms with Gasteiger partial charge < -0.3 is 10.1 Å². The van der Waals surface area contributed by atoms with Crippen LogP contribution < -0.4 is 10.1 Å². The number of hydrogen-bond donors (Lipinski definition) is 1. The Labute approximate surface area is 120 Å². The average Bonchev–Trinajstić information content (AvgIpc) is 2.41. The summed E-state index contributed by atoms with van der Waals surface area (Å²) in [5.41, 5.74) is 2.57. The molecule has 0 saturated heterocycles. The molecule has 0 aliphatic carbocycles. The van der Waals surface area contributed by atoms with Gasteiger partial charge in [0.25, 0.3) is 0 Å².